The molecule has 3 heteroatoms. The van der Waals surface area contributed by atoms with Crippen LogP contribution < -0.4 is 10.2 Å². The number of pyridine rings is 1. The predicted molar refractivity (Wildman–Crippen MR) is 65.1 cm³/mol. The number of likely N-dealkylation sites (N-methyl/N-ethyl adjacent to an activating group) is 1. The van der Waals surface area contributed by atoms with Crippen LogP contribution in [-0.2, 0) is 6.54 Å². The van der Waals surface area contributed by atoms with Crippen molar-refractivity contribution in [2.24, 2.45) is 0 Å². The topological polar surface area (TPSA) is 28.2 Å². The summed E-state index contributed by atoms with van der Waals surface area (Å²) in [5, 5.41) is 3.14. The van der Waals surface area contributed by atoms with Crippen LogP contribution in [-0.4, -0.2) is 25.6 Å². The minimum Gasteiger partial charge on any atom is -0.355 e. The smallest absolute Gasteiger partial charge is 0.133 e. The lowest BCUT2D eigenvalue weighted by Gasteiger charge is -2.21. The predicted octanol–water partition coefficient (Wildman–Crippen LogP) is 1.81. The third-order valence-electron chi connectivity index (χ3n) is 2.10. The van der Waals surface area contributed by atoms with Gasteiger partial charge in [-0.1, -0.05) is 18.2 Å². The van der Waals surface area contributed by atoms with Gasteiger partial charge in [-0.3, -0.25) is 0 Å². The van der Waals surface area contributed by atoms with Crippen molar-refractivity contribution in [3.05, 3.63) is 36.0 Å². The van der Waals surface area contributed by atoms with Crippen LogP contribution in [0.1, 0.15) is 12.5 Å². The van der Waals surface area contributed by atoms with E-state index in [1.165, 1.54) is 5.56 Å². The Hall–Kier alpha value is -1.35. The van der Waals surface area contributed by atoms with Gasteiger partial charge in [-0.2, -0.15) is 0 Å². The lowest BCUT2D eigenvalue weighted by Crippen LogP contribution is -2.22. The van der Waals surface area contributed by atoms with Crippen LogP contribution >= 0.6 is 0 Å². The summed E-state index contributed by atoms with van der Waals surface area (Å²) in [7, 11) is 3.98. The summed E-state index contributed by atoms with van der Waals surface area (Å²) in [6.07, 6.45) is 1.82. The number of hydrogen-bond acceptors (Lipinski definition) is 3. The molecule has 0 atom stereocenters. The normalized spacial score (nSPS) is 10.1. The number of nitrogens with zero attached hydrogens (tertiary/aromatic N) is 2. The summed E-state index contributed by atoms with van der Waals surface area (Å²) >= 11 is 0. The molecule has 0 saturated heterocycles. The number of rotatable bonds is 5. The van der Waals surface area contributed by atoms with E-state index in [9.17, 15) is 0 Å². The van der Waals surface area contributed by atoms with Crippen molar-refractivity contribution >= 4 is 5.82 Å². The zero-order valence-electron chi connectivity index (χ0n) is 9.75. The molecule has 0 amide bonds. The Morgan fingerprint density at radius 1 is 1.60 bits per heavy atom. The highest BCUT2D eigenvalue weighted by atomic mass is 15.2. The van der Waals surface area contributed by atoms with Gasteiger partial charge in [-0.15, -0.1) is 0 Å². The molecule has 0 aliphatic rings. The van der Waals surface area contributed by atoms with Gasteiger partial charge >= 0.3 is 0 Å². The van der Waals surface area contributed by atoms with Crippen LogP contribution in [0.15, 0.2) is 30.5 Å². The Kier molecular flexibility index (Phi) is 4.31. The molecule has 3 nitrogen and oxygen atoms in total. The molecule has 15 heavy (non-hydrogen) atoms. The molecule has 1 aromatic heterocycles. The van der Waals surface area contributed by atoms with Crippen molar-refractivity contribution in [1.29, 1.82) is 0 Å². The SMILES string of the molecule is C=C(C)CN(C)c1ncccc1CNC. The Morgan fingerprint density at radius 3 is 2.93 bits per heavy atom. The van der Waals surface area contributed by atoms with Gasteiger partial charge in [0.25, 0.3) is 0 Å². The summed E-state index contributed by atoms with van der Waals surface area (Å²) in [6, 6.07) is 4.05. The molecule has 0 spiro atoms. The third kappa shape index (κ3) is 3.36. The molecule has 0 aromatic carbocycles. The molecule has 1 rings (SSSR count). The minimum atomic E-state index is 0.837. The molecule has 0 radical (unpaired) electrons. The second-order valence-corrected chi connectivity index (χ2v) is 3.83. The Balaban J connectivity index is 2.86. The lowest BCUT2D eigenvalue weighted by atomic mass is 10.2. The van der Waals surface area contributed by atoms with E-state index in [1.54, 1.807) is 0 Å². The molecule has 0 unspecified atom stereocenters. The highest BCUT2D eigenvalue weighted by Gasteiger charge is 2.07. The molecule has 82 valence electrons. The lowest BCUT2D eigenvalue weighted by molar-refractivity contribution is 0.802. The Morgan fingerprint density at radius 2 is 2.33 bits per heavy atom. The van der Waals surface area contributed by atoms with Crippen molar-refractivity contribution < 1.29 is 0 Å². The fourth-order valence-electron chi connectivity index (χ4n) is 1.58. The van der Waals surface area contributed by atoms with Crippen molar-refractivity contribution in [3.8, 4) is 0 Å². The molecular formula is C12H19N3. The van der Waals surface area contributed by atoms with Gasteiger partial charge in [0.1, 0.15) is 5.82 Å². The number of anilines is 1. The third-order valence-corrected chi connectivity index (χ3v) is 2.10. The average Bonchev–Trinajstić information content (AvgIpc) is 2.18. The van der Waals surface area contributed by atoms with Crippen LogP contribution in [0.3, 0.4) is 0 Å². The van der Waals surface area contributed by atoms with Gasteiger partial charge in [0.05, 0.1) is 0 Å². The van der Waals surface area contributed by atoms with Gasteiger partial charge < -0.3 is 10.2 Å². The van der Waals surface area contributed by atoms with Crippen molar-refractivity contribution in [2.45, 2.75) is 13.5 Å². The van der Waals surface area contributed by atoms with Crippen LogP contribution in [0.25, 0.3) is 0 Å². The standard InChI is InChI=1S/C12H19N3/c1-10(2)9-15(4)12-11(8-13-3)6-5-7-14-12/h5-7,13H,1,8-9H2,2-4H3. The van der Waals surface area contributed by atoms with Crippen LogP contribution in [0.5, 0.6) is 0 Å². The van der Waals surface area contributed by atoms with E-state index in [2.05, 4.69) is 27.8 Å². The Bertz CT molecular complexity index is 333. The zero-order valence-corrected chi connectivity index (χ0v) is 9.75. The zero-order chi connectivity index (χ0) is 11.3. The molecule has 0 aliphatic heterocycles. The molecule has 0 fully saturated rings. The summed E-state index contributed by atoms with van der Waals surface area (Å²) in [5.74, 6) is 1.02. The van der Waals surface area contributed by atoms with E-state index in [1.807, 2.05) is 33.3 Å². The van der Waals surface area contributed by atoms with Crippen LogP contribution in [0, 0.1) is 0 Å². The fourth-order valence-corrected chi connectivity index (χ4v) is 1.58. The first kappa shape index (κ1) is 11.7. The number of nitrogens with one attached hydrogen (secondary N) is 1. The van der Waals surface area contributed by atoms with E-state index in [-0.39, 0.29) is 0 Å². The largest absolute Gasteiger partial charge is 0.355 e. The maximum atomic E-state index is 4.40. The maximum Gasteiger partial charge on any atom is 0.133 e. The molecule has 0 saturated carbocycles. The van der Waals surface area contributed by atoms with Gasteiger partial charge in [0, 0.05) is 31.9 Å². The van der Waals surface area contributed by atoms with Gasteiger partial charge in [-0.25, -0.2) is 4.98 Å². The van der Waals surface area contributed by atoms with E-state index in [0.29, 0.717) is 0 Å². The maximum absolute atomic E-state index is 4.40. The van der Waals surface area contributed by atoms with E-state index in [0.717, 1.165) is 24.5 Å². The van der Waals surface area contributed by atoms with Crippen molar-refractivity contribution in [3.63, 3.8) is 0 Å². The quantitative estimate of drug-likeness (QED) is 0.743. The van der Waals surface area contributed by atoms with Crippen molar-refractivity contribution in [1.82, 2.24) is 10.3 Å². The molecule has 0 bridgehead atoms. The van der Waals surface area contributed by atoms with E-state index in [4.69, 9.17) is 0 Å². The number of hydrogen-bond donors (Lipinski definition) is 1. The second-order valence-electron chi connectivity index (χ2n) is 3.83. The summed E-state index contributed by atoms with van der Waals surface area (Å²) in [4.78, 5) is 6.52. The first-order valence-electron chi connectivity index (χ1n) is 5.09. The summed E-state index contributed by atoms with van der Waals surface area (Å²) < 4.78 is 0. The molecule has 1 N–H and O–H groups in total. The van der Waals surface area contributed by atoms with Gasteiger partial charge in [0.2, 0.25) is 0 Å². The average molecular weight is 205 g/mol. The Labute approximate surface area is 91.8 Å². The molecular weight excluding hydrogens is 186 g/mol. The summed E-state index contributed by atoms with van der Waals surface area (Å²) in [6.45, 7) is 7.61. The van der Waals surface area contributed by atoms with Crippen molar-refractivity contribution in [2.75, 3.05) is 25.5 Å². The van der Waals surface area contributed by atoms with E-state index < -0.39 is 0 Å². The molecule has 1 heterocycles. The highest BCUT2D eigenvalue weighted by molar-refractivity contribution is 5.46. The second kappa shape index (κ2) is 5.51. The van der Waals surface area contributed by atoms with E-state index >= 15 is 0 Å². The molecule has 0 aliphatic carbocycles. The first-order valence-corrected chi connectivity index (χ1v) is 5.09. The highest BCUT2D eigenvalue weighted by Crippen LogP contribution is 2.16. The fraction of sp³-hybridized carbons (Fsp3) is 0.417. The van der Waals surface area contributed by atoms with Gasteiger partial charge in [0.15, 0.2) is 0 Å². The van der Waals surface area contributed by atoms with Gasteiger partial charge in [-0.05, 0) is 20.0 Å². The monoisotopic (exact) mass is 205 g/mol. The molecule has 1 aromatic rings. The summed E-state index contributed by atoms with van der Waals surface area (Å²) in [5.41, 5.74) is 2.35. The number of aromatic nitrogens is 1. The van der Waals surface area contributed by atoms with Crippen LogP contribution in [0.2, 0.25) is 0 Å². The van der Waals surface area contributed by atoms with Crippen LogP contribution in [0.4, 0.5) is 5.82 Å². The minimum absolute atomic E-state index is 0.837. The first-order chi connectivity index (χ1) is 7.15.